The molecule has 0 spiro atoms. The standard InChI is InChI=1S/C15H14N2O3/c1-17(2)11-6-7-16-14-10-5-4-9(19-3)8-12(10)20-15(18)13(11)14/h4-8H,1-3H3. The van der Waals surface area contributed by atoms with Gasteiger partial charge in [0.2, 0.25) is 0 Å². The van der Waals surface area contributed by atoms with E-state index < -0.39 is 5.63 Å². The molecule has 0 aliphatic carbocycles. The first kappa shape index (κ1) is 12.5. The highest BCUT2D eigenvalue weighted by Crippen LogP contribution is 2.28. The van der Waals surface area contributed by atoms with Crippen LogP contribution in [0.15, 0.2) is 39.7 Å². The van der Waals surface area contributed by atoms with Crippen LogP contribution in [0, 0.1) is 0 Å². The molecule has 0 radical (unpaired) electrons. The zero-order valence-electron chi connectivity index (χ0n) is 11.5. The van der Waals surface area contributed by atoms with E-state index in [1.165, 1.54) is 0 Å². The van der Waals surface area contributed by atoms with Crippen molar-refractivity contribution in [3.8, 4) is 5.75 Å². The molecule has 2 aromatic heterocycles. The summed E-state index contributed by atoms with van der Waals surface area (Å²) in [6.07, 6.45) is 1.70. The van der Waals surface area contributed by atoms with Gasteiger partial charge < -0.3 is 14.1 Å². The van der Waals surface area contributed by atoms with Gasteiger partial charge in [-0.2, -0.15) is 0 Å². The van der Waals surface area contributed by atoms with Crippen molar-refractivity contribution in [2.24, 2.45) is 0 Å². The quantitative estimate of drug-likeness (QED) is 0.528. The molecule has 102 valence electrons. The van der Waals surface area contributed by atoms with Crippen molar-refractivity contribution in [3.05, 3.63) is 40.9 Å². The largest absolute Gasteiger partial charge is 0.497 e. The van der Waals surface area contributed by atoms with Crippen molar-refractivity contribution < 1.29 is 9.15 Å². The highest BCUT2D eigenvalue weighted by Gasteiger charge is 2.14. The third-order valence-corrected chi connectivity index (χ3v) is 3.26. The lowest BCUT2D eigenvalue weighted by Crippen LogP contribution is -2.13. The molecular weight excluding hydrogens is 256 g/mol. The second-order valence-corrected chi connectivity index (χ2v) is 4.70. The molecule has 0 unspecified atom stereocenters. The fourth-order valence-corrected chi connectivity index (χ4v) is 2.29. The molecule has 1 aromatic carbocycles. The first-order valence-electron chi connectivity index (χ1n) is 6.18. The fraction of sp³-hybridized carbons (Fsp3) is 0.200. The molecule has 0 aliphatic rings. The number of aromatic nitrogens is 1. The van der Waals surface area contributed by atoms with Crippen LogP contribution in [-0.2, 0) is 0 Å². The normalized spacial score (nSPS) is 10.9. The van der Waals surface area contributed by atoms with Gasteiger partial charge in [0.05, 0.1) is 18.3 Å². The van der Waals surface area contributed by atoms with Gasteiger partial charge in [-0.05, 0) is 18.2 Å². The van der Waals surface area contributed by atoms with Crippen molar-refractivity contribution in [1.29, 1.82) is 0 Å². The van der Waals surface area contributed by atoms with E-state index in [2.05, 4.69) is 4.98 Å². The summed E-state index contributed by atoms with van der Waals surface area (Å²) in [4.78, 5) is 18.5. The van der Waals surface area contributed by atoms with E-state index in [-0.39, 0.29) is 0 Å². The summed E-state index contributed by atoms with van der Waals surface area (Å²) in [5.41, 5.74) is 1.52. The Balaban J connectivity index is 2.49. The van der Waals surface area contributed by atoms with Crippen LogP contribution in [0.4, 0.5) is 5.69 Å². The second kappa shape index (κ2) is 4.52. The van der Waals surface area contributed by atoms with Crippen LogP contribution < -0.4 is 15.3 Å². The van der Waals surface area contributed by atoms with Crippen molar-refractivity contribution in [2.75, 3.05) is 26.1 Å². The Morgan fingerprint density at radius 3 is 2.75 bits per heavy atom. The third kappa shape index (κ3) is 1.79. The van der Waals surface area contributed by atoms with Gasteiger partial charge in [-0.1, -0.05) is 0 Å². The number of methoxy groups -OCH3 is 1. The molecule has 0 saturated heterocycles. The number of pyridine rings is 1. The smallest absolute Gasteiger partial charge is 0.347 e. The van der Waals surface area contributed by atoms with Gasteiger partial charge in [-0.3, -0.25) is 4.98 Å². The summed E-state index contributed by atoms with van der Waals surface area (Å²) in [6.45, 7) is 0. The van der Waals surface area contributed by atoms with Gasteiger partial charge in [0, 0.05) is 31.7 Å². The monoisotopic (exact) mass is 270 g/mol. The van der Waals surface area contributed by atoms with Crippen LogP contribution in [0.1, 0.15) is 0 Å². The summed E-state index contributed by atoms with van der Waals surface area (Å²) in [5.74, 6) is 0.642. The number of benzene rings is 1. The maximum absolute atomic E-state index is 12.2. The predicted molar refractivity (Wildman–Crippen MR) is 78.7 cm³/mol. The maximum atomic E-state index is 12.2. The van der Waals surface area contributed by atoms with E-state index in [9.17, 15) is 4.79 Å². The summed E-state index contributed by atoms with van der Waals surface area (Å²) in [7, 11) is 5.33. The molecule has 0 N–H and O–H groups in total. The van der Waals surface area contributed by atoms with Crippen LogP contribution in [0.3, 0.4) is 0 Å². The molecule has 3 aromatic rings. The zero-order chi connectivity index (χ0) is 14.3. The Labute approximate surface area is 115 Å². The Bertz CT molecular complexity index is 853. The molecular formula is C15H14N2O3. The maximum Gasteiger partial charge on any atom is 0.347 e. The van der Waals surface area contributed by atoms with Crippen LogP contribution in [0.2, 0.25) is 0 Å². The van der Waals surface area contributed by atoms with Gasteiger partial charge in [0.1, 0.15) is 16.7 Å². The minimum Gasteiger partial charge on any atom is -0.497 e. The fourth-order valence-electron chi connectivity index (χ4n) is 2.29. The zero-order valence-corrected chi connectivity index (χ0v) is 11.5. The van der Waals surface area contributed by atoms with Gasteiger partial charge in [0.25, 0.3) is 0 Å². The van der Waals surface area contributed by atoms with E-state index in [1.54, 1.807) is 25.4 Å². The van der Waals surface area contributed by atoms with E-state index in [0.29, 0.717) is 22.2 Å². The SMILES string of the molecule is COc1ccc2c(c1)oc(=O)c1c(N(C)C)ccnc12. The Morgan fingerprint density at radius 1 is 1.25 bits per heavy atom. The first-order chi connectivity index (χ1) is 9.61. The number of fused-ring (bicyclic) bond motifs is 3. The van der Waals surface area contributed by atoms with E-state index in [1.807, 2.05) is 31.1 Å². The Hall–Kier alpha value is -2.56. The number of nitrogens with zero attached hydrogens (tertiary/aromatic N) is 2. The average Bonchev–Trinajstić information content (AvgIpc) is 2.46. The van der Waals surface area contributed by atoms with Gasteiger partial charge in [-0.25, -0.2) is 4.79 Å². The summed E-state index contributed by atoms with van der Waals surface area (Å²) in [6, 6.07) is 7.17. The Morgan fingerprint density at radius 2 is 2.05 bits per heavy atom. The number of hydrogen-bond acceptors (Lipinski definition) is 5. The highest BCUT2D eigenvalue weighted by molar-refractivity contribution is 6.06. The van der Waals surface area contributed by atoms with E-state index in [0.717, 1.165) is 11.1 Å². The molecule has 0 fully saturated rings. The molecule has 3 rings (SSSR count). The van der Waals surface area contributed by atoms with E-state index >= 15 is 0 Å². The molecule has 20 heavy (non-hydrogen) atoms. The molecule has 0 bridgehead atoms. The second-order valence-electron chi connectivity index (χ2n) is 4.70. The third-order valence-electron chi connectivity index (χ3n) is 3.26. The van der Waals surface area contributed by atoms with Crippen LogP contribution >= 0.6 is 0 Å². The topological polar surface area (TPSA) is 55.6 Å². The predicted octanol–water partition coefficient (Wildman–Crippen LogP) is 2.42. The molecule has 5 heteroatoms. The highest BCUT2D eigenvalue weighted by atomic mass is 16.5. The summed E-state index contributed by atoms with van der Waals surface area (Å²) < 4.78 is 10.6. The van der Waals surface area contributed by atoms with Crippen molar-refractivity contribution in [3.63, 3.8) is 0 Å². The van der Waals surface area contributed by atoms with Crippen LogP contribution in [-0.4, -0.2) is 26.2 Å². The van der Waals surface area contributed by atoms with Crippen LogP contribution in [0.25, 0.3) is 21.9 Å². The lowest BCUT2D eigenvalue weighted by atomic mass is 10.1. The van der Waals surface area contributed by atoms with Crippen molar-refractivity contribution >= 4 is 27.6 Å². The lowest BCUT2D eigenvalue weighted by Gasteiger charge is -2.14. The van der Waals surface area contributed by atoms with Crippen molar-refractivity contribution in [1.82, 2.24) is 4.98 Å². The summed E-state index contributed by atoms with van der Waals surface area (Å²) in [5, 5.41) is 1.29. The number of rotatable bonds is 2. The van der Waals surface area contributed by atoms with Gasteiger partial charge in [-0.15, -0.1) is 0 Å². The molecule has 2 heterocycles. The minimum atomic E-state index is -0.391. The number of hydrogen-bond donors (Lipinski definition) is 0. The van der Waals surface area contributed by atoms with Gasteiger partial charge in [0.15, 0.2) is 0 Å². The average molecular weight is 270 g/mol. The Kier molecular flexibility index (Phi) is 2.82. The molecule has 0 saturated carbocycles. The molecule has 0 amide bonds. The van der Waals surface area contributed by atoms with Crippen LogP contribution in [0.5, 0.6) is 5.75 Å². The summed E-state index contributed by atoms with van der Waals surface area (Å²) >= 11 is 0. The first-order valence-corrected chi connectivity index (χ1v) is 6.18. The molecule has 0 aliphatic heterocycles. The number of ether oxygens (including phenoxy) is 1. The lowest BCUT2D eigenvalue weighted by molar-refractivity contribution is 0.414. The van der Waals surface area contributed by atoms with Crippen molar-refractivity contribution in [2.45, 2.75) is 0 Å². The molecule has 0 atom stereocenters. The number of anilines is 1. The minimum absolute atomic E-state index is 0.391. The van der Waals surface area contributed by atoms with E-state index in [4.69, 9.17) is 9.15 Å². The van der Waals surface area contributed by atoms with Gasteiger partial charge >= 0.3 is 5.63 Å². The molecule has 5 nitrogen and oxygen atoms in total.